The minimum Gasteiger partial charge on any atom is -0.455 e. The lowest BCUT2D eigenvalue weighted by Crippen LogP contribution is -1.98. The molecule has 0 radical (unpaired) electrons. The van der Waals surface area contributed by atoms with Gasteiger partial charge in [-0.15, -0.1) is 0 Å². The first-order chi connectivity index (χ1) is 19.1. The largest absolute Gasteiger partial charge is 0.455 e. The first-order valence-corrected chi connectivity index (χ1v) is 11.8. The van der Waals surface area contributed by atoms with Gasteiger partial charge in [0, 0.05) is 11.1 Å². The topological polar surface area (TPSA) is 104 Å². The summed E-state index contributed by atoms with van der Waals surface area (Å²) in [5, 5.41) is 36.8. The molecular formula is C34H18N4O. The highest BCUT2D eigenvalue weighted by Gasteiger charge is 2.13. The predicted octanol–water partition coefficient (Wildman–Crippen LogP) is 6.15. The number of rotatable bonds is 4. The van der Waals surface area contributed by atoms with Crippen LogP contribution in [-0.4, -0.2) is 0 Å². The monoisotopic (exact) mass is 498 g/mol. The SMILES string of the molecule is N#CCc1cccc(Oc2cccc(CC#N)c2C#Cc2ccc(C#N)cc2)c1C#Cc1ccc(C#N)cc1. The molecule has 0 bridgehead atoms. The van der Waals surface area contributed by atoms with Gasteiger partial charge in [0.25, 0.3) is 0 Å². The Labute approximate surface area is 227 Å². The van der Waals surface area contributed by atoms with E-state index in [1.54, 1.807) is 72.8 Å². The second kappa shape index (κ2) is 12.6. The number of benzene rings is 4. The Bertz CT molecular complexity index is 1680. The molecule has 0 saturated heterocycles. The molecular weight excluding hydrogens is 480 g/mol. The van der Waals surface area contributed by atoms with Crippen molar-refractivity contribution in [1.29, 1.82) is 21.0 Å². The van der Waals surface area contributed by atoms with E-state index in [2.05, 4.69) is 48.0 Å². The third-order valence-electron chi connectivity index (χ3n) is 5.68. The molecule has 0 amide bonds. The highest BCUT2D eigenvalue weighted by atomic mass is 16.5. The van der Waals surface area contributed by atoms with Crippen LogP contribution in [0.15, 0.2) is 84.9 Å². The summed E-state index contributed by atoms with van der Waals surface area (Å²) in [4.78, 5) is 0. The first-order valence-electron chi connectivity index (χ1n) is 11.8. The molecule has 5 heteroatoms. The summed E-state index contributed by atoms with van der Waals surface area (Å²) in [6, 6.07) is 33.2. The fourth-order valence-corrected chi connectivity index (χ4v) is 3.72. The summed E-state index contributed by atoms with van der Waals surface area (Å²) >= 11 is 0. The van der Waals surface area contributed by atoms with Gasteiger partial charge in [-0.3, -0.25) is 0 Å². The maximum atomic E-state index is 9.38. The lowest BCUT2D eigenvalue weighted by Gasteiger charge is -2.13. The van der Waals surface area contributed by atoms with Gasteiger partial charge in [0.1, 0.15) is 11.5 Å². The molecule has 0 heterocycles. The molecule has 0 spiro atoms. The zero-order chi connectivity index (χ0) is 27.5. The maximum absolute atomic E-state index is 9.38. The van der Waals surface area contributed by atoms with Crippen molar-refractivity contribution in [3.05, 3.63) is 129 Å². The van der Waals surface area contributed by atoms with Crippen molar-refractivity contribution in [2.75, 3.05) is 0 Å². The maximum Gasteiger partial charge on any atom is 0.143 e. The van der Waals surface area contributed by atoms with E-state index >= 15 is 0 Å². The smallest absolute Gasteiger partial charge is 0.143 e. The molecule has 0 saturated carbocycles. The lowest BCUT2D eigenvalue weighted by molar-refractivity contribution is 0.478. The van der Waals surface area contributed by atoms with Crippen molar-refractivity contribution in [3.63, 3.8) is 0 Å². The number of ether oxygens (including phenoxy) is 1. The summed E-state index contributed by atoms with van der Waals surface area (Å²) in [6.07, 6.45) is 0.294. The van der Waals surface area contributed by atoms with Gasteiger partial charge in [-0.05, 0) is 71.8 Å². The zero-order valence-corrected chi connectivity index (χ0v) is 20.7. The quantitative estimate of drug-likeness (QED) is 0.314. The van der Waals surface area contributed by atoms with Crippen molar-refractivity contribution >= 4 is 0 Å². The van der Waals surface area contributed by atoms with Gasteiger partial charge in [-0.25, -0.2) is 0 Å². The Hall–Kier alpha value is -6.24. The Morgan fingerprint density at radius 2 is 0.846 bits per heavy atom. The number of nitrogens with zero attached hydrogens (tertiary/aromatic N) is 4. The Morgan fingerprint density at radius 1 is 0.462 bits per heavy atom. The summed E-state index contributed by atoms with van der Waals surface area (Å²) in [5.74, 6) is 13.4. The number of nitriles is 4. The van der Waals surface area contributed by atoms with Crippen LogP contribution < -0.4 is 4.74 Å². The highest BCUT2D eigenvalue weighted by Crippen LogP contribution is 2.31. The van der Waals surface area contributed by atoms with Crippen LogP contribution in [0, 0.1) is 69.0 Å². The molecule has 0 atom stereocenters. The molecule has 0 fully saturated rings. The van der Waals surface area contributed by atoms with Crippen LogP contribution >= 0.6 is 0 Å². The Morgan fingerprint density at radius 3 is 1.21 bits per heavy atom. The van der Waals surface area contributed by atoms with Crippen LogP contribution in [-0.2, 0) is 12.8 Å². The van der Waals surface area contributed by atoms with Crippen LogP contribution in [0.1, 0.15) is 44.5 Å². The minimum absolute atomic E-state index is 0.147. The zero-order valence-electron chi connectivity index (χ0n) is 20.7. The lowest BCUT2D eigenvalue weighted by atomic mass is 10.0. The fourth-order valence-electron chi connectivity index (χ4n) is 3.72. The highest BCUT2D eigenvalue weighted by molar-refractivity contribution is 5.60. The van der Waals surface area contributed by atoms with Gasteiger partial charge in [0.05, 0.1) is 59.4 Å². The molecule has 0 aliphatic carbocycles. The van der Waals surface area contributed by atoms with Gasteiger partial charge in [-0.2, -0.15) is 21.0 Å². The van der Waals surface area contributed by atoms with E-state index < -0.39 is 0 Å². The molecule has 4 aromatic carbocycles. The molecule has 5 nitrogen and oxygen atoms in total. The van der Waals surface area contributed by atoms with Crippen molar-refractivity contribution in [2.45, 2.75) is 12.8 Å². The number of hydrogen-bond donors (Lipinski definition) is 0. The normalized spacial score (nSPS) is 9.23. The standard InChI is InChI=1S/C34H18N4O/c35-21-19-29-3-1-5-33(31(29)17-15-25-7-11-27(23-37)12-8-25)39-34-6-2-4-30(20-22-36)32(34)18-16-26-9-13-28(24-38)14-10-26/h1-14H,19-20H2. The van der Waals surface area contributed by atoms with E-state index in [1.807, 2.05) is 12.1 Å². The van der Waals surface area contributed by atoms with E-state index in [0.29, 0.717) is 33.8 Å². The van der Waals surface area contributed by atoms with Gasteiger partial charge in [0.2, 0.25) is 0 Å². The van der Waals surface area contributed by atoms with Crippen molar-refractivity contribution < 1.29 is 4.74 Å². The molecule has 4 aromatic rings. The fraction of sp³-hybridized carbons (Fsp3) is 0.0588. The van der Waals surface area contributed by atoms with E-state index in [1.165, 1.54) is 0 Å². The summed E-state index contributed by atoms with van der Waals surface area (Å²) < 4.78 is 6.35. The van der Waals surface area contributed by atoms with Crippen LogP contribution in [0.25, 0.3) is 0 Å². The van der Waals surface area contributed by atoms with E-state index in [0.717, 1.165) is 22.3 Å². The summed E-state index contributed by atoms with van der Waals surface area (Å²) in [6.45, 7) is 0. The Balaban J connectivity index is 1.77. The molecule has 39 heavy (non-hydrogen) atoms. The average Bonchev–Trinajstić information content (AvgIpc) is 2.97. The molecule has 0 aliphatic rings. The second-order valence-electron chi connectivity index (χ2n) is 8.23. The molecule has 180 valence electrons. The van der Waals surface area contributed by atoms with Gasteiger partial charge in [-0.1, -0.05) is 47.9 Å². The molecule has 0 unspecified atom stereocenters. The average molecular weight is 499 g/mol. The van der Waals surface area contributed by atoms with Crippen molar-refractivity contribution in [1.82, 2.24) is 0 Å². The molecule has 4 rings (SSSR count). The minimum atomic E-state index is 0.147. The predicted molar refractivity (Wildman–Crippen MR) is 146 cm³/mol. The van der Waals surface area contributed by atoms with Crippen LogP contribution in [0.4, 0.5) is 0 Å². The second-order valence-corrected chi connectivity index (χ2v) is 8.23. The van der Waals surface area contributed by atoms with Crippen molar-refractivity contribution in [2.24, 2.45) is 0 Å². The van der Waals surface area contributed by atoms with Gasteiger partial charge >= 0.3 is 0 Å². The molecule has 0 N–H and O–H groups in total. The molecule has 0 aromatic heterocycles. The first kappa shape index (κ1) is 25.8. The third kappa shape index (κ3) is 6.50. The van der Waals surface area contributed by atoms with Crippen LogP contribution in [0.5, 0.6) is 11.5 Å². The third-order valence-corrected chi connectivity index (χ3v) is 5.68. The molecule has 0 aliphatic heterocycles. The van der Waals surface area contributed by atoms with E-state index in [4.69, 9.17) is 15.3 Å². The number of hydrogen-bond acceptors (Lipinski definition) is 5. The van der Waals surface area contributed by atoms with E-state index in [9.17, 15) is 10.5 Å². The van der Waals surface area contributed by atoms with Crippen molar-refractivity contribution in [3.8, 4) is 59.5 Å². The summed E-state index contributed by atoms with van der Waals surface area (Å²) in [5.41, 5.74) is 5.10. The summed E-state index contributed by atoms with van der Waals surface area (Å²) in [7, 11) is 0. The van der Waals surface area contributed by atoms with E-state index in [-0.39, 0.29) is 12.8 Å². The van der Waals surface area contributed by atoms with Gasteiger partial charge < -0.3 is 4.74 Å². The van der Waals surface area contributed by atoms with Crippen LogP contribution in [0.3, 0.4) is 0 Å². The van der Waals surface area contributed by atoms with Gasteiger partial charge in [0.15, 0.2) is 0 Å². The van der Waals surface area contributed by atoms with Crippen LogP contribution in [0.2, 0.25) is 0 Å². The Kier molecular flexibility index (Phi) is 8.37.